The maximum atomic E-state index is 12.1. The van der Waals surface area contributed by atoms with Crippen LogP contribution in [-0.2, 0) is 6.54 Å². The third-order valence-electron chi connectivity index (χ3n) is 2.98. The summed E-state index contributed by atoms with van der Waals surface area (Å²) in [7, 11) is 1.57. The van der Waals surface area contributed by atoms with E-state index in [1.54, 1.807) is 49.8 Å². The topological polar surface area (TPSA) is 53.2 Å². The molecule has 20 heavy (non-hydrogen) atoms. The zero-order valence-corrected chi connectivity index (χ0v) is 11.3. The second-order valence-corrected chi connectivity index (χ2v) is 4.25. The zero-order chi connectivity index (χ0) is 14.5. The molecule has 2 aromatic rings. The number of aryl methyl sites for hydroxylation is 1. The predicted octanol–water partition coefficient (Wildman–Crippen LogP) is 1.58. The molecule has 0 saturated carbocycles. The quantitative estimate of drug-likeness (QED) is 0.613. The van der Waals surface area contributed by atoms with Crippen LogP contribution in [0.15, 0.2) is 58.9 Å². The van der Waals surface area contributed by atoms with Gasteiger partial charge in [-0.1, -0.05) is 6.08 Å². The van der Waals surface area contributed by atoms with E-state index in [1.807, 2.05) is 0 Å². The molecule has 0 spiro atoms. The second-order valence-electron chi connectivity index (χ2n) is 4.25. The van der Waals surface area contributed by atoms with Crippen LogP contribution in [-0.4, -0.2) is 16.2 Å². The molecule has 0 radical (unpaired) electrons. The van der Waals surface area contributed by atoms with E-state index in [0.717, 1.165) is 0 Å². The Bertz CT molecular complexity index is 711. The van der Waals surface area contributed by atoms with Crippen molar-refractivity contribution in [1.82, 2.24) is 9.13 Å². The summed E-state index contributed by atoms with van der Waals surface area (Å²) in [6.07, 6.45) is 5.55. The Morgan fingerprint density at radius 2 is 1.85 bits per heavy atom. The highest BCUT2D eigenvalue weighted by atomic mass is 16.5. The molecule has 0 N–H and O–H groups in total. The standard InChI is InChI=1S/C15H16N2O3/c1-3-4-9-16-10-11-17(15(19)14(16)18)12-5-7-13(20-2)8-6-12/h3,5-8,10-11H,1,4,9H2,2H3. The summed E-state index contributed by atoms with van der Waals surface area (Å²) >= 11 is 0. The minimum atomic E-state index is -0.568. The maximum absolute atomic E-state index is 12.1. The lowest BCUT2D eigenvalue weighted by molar-refractivity contribution is 0.414. The average molecular weight is 272 g/mol. The van der Waals surface area contributed by atoms with Crippen LogP contribution in [0.4, 0.5) is 0 Å². The number of aromatic nitrogens is 2. The van der Waals surface area contributed by atoms with Gasteiger partial charge < -0.3 is 9.30 Å². The summed E-state index contributed by atoms with van der Waals surface area (Å²) in [5, 5.41) is 0. The van der Waals surface area contributed by atoms with Gasteiger partial charge in [0, 0.05) is 24.6 Å². The van der Waals surface area contributed by atoms with Gasteiger partial charge in [0.05, 0.1) is 7.11 Å². The van der Waals surface area contributed by atoms with Crippen LogP contribution >= 0.6 is 0 Å². The molecule has 0 aliphatic carbocycles. The smallest absolute Gasteiger partial charge is 0.320 e. The molecule has 5 heteroatoms. The number of rotatable bonds is 5. The van der Waals surface area contributed by atoms with Gasteiger partial charge in [-0.2, -0.15) is 0 Å². The Morgan fingerprint density at radius 1 is 1.15 bits per heavy atom. The Balaban J connectivity index is 2.42. The Hall–Kier alpha value is -2.56. The van der Waals surface area contributed by atoms with E-state index < -0.39 is 11.1 Å². The van der Waals surface area contributed by atoms with Crippen LogP contribution in [0.5, 0.6) is 5.75 Å². The third kappa shape index (κ3) is 2.71. The van der Waals surface area contributed by atoms with E-state index >= 15 is 0 Å². The van der Waals surface area contributed by atoms with Gasteiger partial charge in [0.1, 0.15) is 5.75 Å². The molecule has 104 valence electrons. The number of benzene rings is 1. The number of hydrogen-bond donors (Lipinski definition) is 0. The van der Waals surface area contributed by atoms with Crippen molar-refractivity contribution in [2.45, 2.75) is 13.0 Å². The van der Waals surface area contributed by atoms with Crippen molar-refractivity contribution < 1.29 is 4.74 Å². The normalized spacial score (nSPS) is 10.2. The number of ether oxygens (including phenoxy) is 1. The van der Waals surface area contributed by atoms with E-state index in [-0.39, 0.29) is 0 Å². The van der Waals surface area contributed by atoms with Crippen LogP contribution in [0.1, 0.15) is 6.42 Å². The van der Waals surface area contributed by atoms with Gasteiger partial charge in [0.2, 0.25) is 0 Å². The van der Waals surface area contributed by atoms with E-state index in [2.05, 4.69) is 6.58 Å². The van der Waals surface area contributed by atoms with Crippen LogP contribution in [0.2, 0.25) is 0 Å². The predicted molar refractivity (Wildman–Crippen MR) is 77.7 cm³/mol. The lowest BCUT2D eigenvalue weighted by atomic mass is 10.3. The first kappa shape index (κ1) is 13.9. The molecule has 1 heterocycles. The van der Waals surface area contributed by atoms with E-state index in [0.29, 0.717) is 24.4 Å². The van der Waals surface area contributed by atoms with Crippen molar-refractivity contribution in [3.63, 3.8) is 0 Å². The maximum Gasteiger partial charge on any atom is 0.320 e. The molecule has 5 nitrogen and oxygen atoms in total. The van der Waals surface area contributed by atoms with Crippen molar-refractivity contribution >= 4 is 0 Å². The zero-order valence-electron chi connectivity index (χ0n) is 11.3. The molecular formula is C15H16N2O3. The molecule has 0 bridgehead atoms. The molecule has 0 saturated heterocycles. The minimum Gasteiger partial charge on any atom is -0.497 e. The highest BCUT2D eigenvalue weighted by Gasteiger charge is 2.06. The van der Waals surface area contributed by atoms with E-state index in [4.69, 9.17) is 4.74 Å². The van der Waals surface area contributed by atoms with Crippen molar-refractivity contribution in [1.29, 1.82) is 0 Å². The van der Waals surface area contributed by atoms with Gasteiger partial charge in [0.15, 0.2) is 0 Å². The number of nitrogens with zero attached hydrogens (tertiary/aromatic N) is 2. The number of methoxy groups -OCH3 is 1. The molecule has 0 aliphatic rings. The Kier molecular flexibility index (Phi) is 4.20. The van der Waals surface area contributed by atoms with Gasteiger partial charge in [-0.15, -0.1) is 6.58 Å². The van der Waals surface area contributed by atoms with Crippen LogP contribution < -0.4 is 15.9 Å². The van der Waals surface area contributed by atoms with Gasteiger partial charge in [-0.3, -0.25) is 14.2 Å². The summed E-state index contributed by atoms with van der Waals surface area (Å²) in [6, 6.07) is 6.94. The number of allylic oxidation sites excluding steroid dienone is 1. The van der Waals surface area contributed by atoms with Crippen molar-refractivity contribution in [3.05, 3.63) is 70.0 Å². The third-order valence-corrected chi connectivity index (χ3v) is 2.98. The van der Waals surface area contributed by atoms with Gasteiger partial charge in [0.25, 0.3) is 0 Å². The molecule has 2 rings (SSSR count). The van der Waals surface area contributed by atoms with E-state index in [9.17, 15) is 9.59 Å². The molecule has 0 atom stereocenters. The summed E-state index contributed by atoms with van der Waals surface area (Å²) < 4.78 is 7.78. The summed E-state index contributed by atoms with van der Waals surface area (Å²) in [6.45, 7) is 4.06. The SMILES string of the molecule is C=CCCn1ccn(-c2ccc(OC)cc2)c(=O)c1=O. The Morgan fingerprint density at radius 3 is 2.45 bits per heavy atom. The van der Waals surface area contributed by atoms with E-state index in [1.165, 1.54) is 9.13 Å². The van der Waals surface area contributed by atoms with Crippen molar-refractivity contribution in [3.8, 4) is 11.4 Å². The van der Waals surface area contributed by atoms with Gasteiger partial charge in [-0.05, 0) is 30.7 Å². The molecular weight excluding hydrogens is 256 g/mol. The fraction of sp³-hybridized carbons (Fsp3) is 0.200. The van der Waals surface area contributed by atoms with Crippen LogP contribution in [0, 0.1) is 0 Å². The fourth-order valence-electron chi connectivity index (χ4n) is 1.86. The lowest BCUT2D eigenvalue weighted by Gasteiger charge is -2.08. The number of hydrogen-bond acceptors (Lipinski definition) is 3. The monoisotopic (exact) mass is 272 g/mol. The lowest BCUT2D eigenvalue weighted by Crippen LogP contribution is -2.39. The highest BCUT2D eigenvalue weighted by molar-refractivity contribution is 5.37. The molecule has 1 aromatic heterocycles. The van der Waals surface area contributed by atoms with Crippen LogP contribution in [0.25, 0.3) is 5.69 Å². The first-order valence-corrected chi connectivity index (χ1v) is 6.25. The molecule has 1 aromatic carbocycles. The molecule has 0 amide bonds. The highest BCUT2D eigenvalue weighted by Crippen LogP contribution is 2.12. The Labute approximate surface area is 116 Å². The average Bonchev–Trinajstić information content (AvgIpc) is 2.49. The second kappa shape index (κ2) is 6.06. The van der Waals surface area contributed by atoms with Crippen LogP contribution in [0.3, 0.4) is 0 Å². The summed E-state index contributed by atoms with van der Waals surface area (Å²) in [5.74, 6) is 0.695. The van der Waals surface area contributed by atoms with Gasteiger partial charge in [-0.25, -0.2) is 0 Å². The fourth-order valence-corrected chi connectivity index (χ4v) is 1.86. The summed E-state index contributed by atoms with van der Waals surface area (Å²) in [4.78, 5) is 24.0. The van der Waals surface area contributed by atoms with Crippen molar-refractivity contribution in [2.75, 3.05) is 7.11 Å². The molecule has 0 aliphatic heterocycles. The van der Waals surface area contributed by atoms with Crippen molar-refractivity contribution in [2.24, 2.45) is 0 Å². The molecule has 0 fully saturated rings. The summed E-state index contributed by atoms with van der Waals surface area (Å²) in [5.41, 5.74) is -0.476. The first-order valence-electron chi connectivity index (χ1n) is 6.25. The molecule has 0 unspecified atom stereocenters. The first-order chi connectivity index (χ1) is 9.67. The van der Waals surface area contributed by atoms with Gasteiger partial charge >= 0.3 is 11.1 Å². The minimum absolute atomic E-state index is 0.459. The largest absolute Gasteiger partial charge is 0.497 e.